The summed E-state index contributed by atoms with van der Waals surface area (Å²) < 4.78 is 10.4. The maximum atomic E-state index is 5.19. The molecule has 0 spiro atoms. The van der Waals surface area contributed by atoms with Gasteiger partial charge in [-0.1, -0.05) is 0 Å². The Labute approximate surface area is 93.1 Å². The maximum absolute atomic E-state index is 5.19. The molecule has 2 heterocycles. The van der Waals surface area contributed by atoms with Gasteiger partial charge in [-0.3, -0.25) is 4.98 Å². The van der Waals surface area contributed by atoms with E-state index in [-0.39, 0.29) is 0 Å². The number of pyridine rings is 1. The zero-order chi connectivity index (χ0) is 11.4. The molecule has 0 amide bonds. The molecule has 82 valence electrons. The Hall–Kier alpha value is -2.17. The summed E-state index contributed by atoms with van der Waals surface area (Å²) >= 11 is 0. The third-order valence-electron chi connectivity index (χ3n) is 2.13. The highest BCUT2D eigenvalue weighted by atomic mass is 16.5. The first-order chi connectivity index (χ1) is 7.86. The molecule has 0 fully saturated rings. The Morgan fingerprint density at radius 3 is 2.00 bits per heavy atom. The summed E-state index contributed by atoms with van der Waals surface area (Å²) in [6.45, 7) is 0. The summed E-state index contributed by atoms with van der Waals surface area (Å²) in [5, 5.41) is 0. The van der Waals surface area contributed by atoms with Crippen molar-refractivity contribution in [3.63, 3.8) is 0 Å². The van der Waals surface area contributed by atoms with E-state index in [1.807, 2.05) is 12.1 Å². The topological polar surface area (TPSA) is 57.1 Å². The quantitative estimate of drug-likeness (QED) is 0.780. The lowest BCUT2D eigenvalue weighted by atomic mass is 10.1. The summed E-state index contributed by atoms with van der Waals surface area (Å²) in [4.78, 5) is 12.1. The fourth-order valence-electron chi connectivity index (χ4n) is 1.43. The molecule has 0 saturated carbocycles. The van der Waals surface area contributed by atoms with Crippen LogP contribution in [-0.4, -0.2) is 29.2 Å². The molecule has 16 heavy (non-hydrogen) atoms. The molecule has 0 aliphatic rings. The second-order valence-corrected chi connectivity index (χ2v) is 3.00. The van der Waals surface area contributed by atoms with E-state index in [4.69, 9.17) is 9.47 Å². The first-order valence-electron chi connectivity index (χ1n) is 4.70. The SMILES string of the molecule is COc1ncnc(OC)c1-c1ccncc1. The van der Waals surface area contributed by atoms with E-state index in [2.05, 4.69) is 15.0 Å². The van der Waals surface area contributed by atoms with Crippen molar-refractivity contribution in [2.45, 2.75) is 0 Å². The highest BCUT2D eigenvalue weighted by molar-refractivity contribution is 5.72. The fourth-order valence-corrected chi connectivity index (χ4v) is 1.43. The molecule has 2 rings (SSSR count). The van der Waals surface area contributed by atoms with Gasteiger partial charge in [-0.15, -0.1) is 0 Å². The molecule has 0 radical (unpaired) electrons. The largest absolute Gasteiger partial charge is 0.480 e. The van der Waals surface area contributed by atoms with Crippen LogP contribution in [0.2, 0.25) is 0 Å². The molecule has 0 saturated heterocycles. The van der Waals surface area contributed by atoms with Crippen molar-refractivity contribution in [2.75, 3.05) is 14.2 Å². The highest BCUT2D eigenvalue weighted by Crippen LogP contribution is 2.34. The molecule has 0 bridgehead atoms. The highest BCUT2D eigenvalue weighted by Gasteiger charge is 2.14. The van der Waals surface area contributed by atoms with E-state index in [9.17, 15) is 0 Å². The first-order valence-corrected chi connectivity index (χ1v) is 4.70. The van der Waals surface area contributed by atoms with Gasteiger partial charge in [-0.25, -0.2) is 9.97 Å². The molecule has 0 N–H and O–H groups in total. The van der Waals surface area contributed by atoms with Crippen LogP contribution in [0, 0.1) is 0 Å². The lowest BCUT2D eigenvalue weighted by molar-refractivity contribution is 0.375. The first kappa shape index (κ1) is 10.4. The predicted molar refractivity (Wildman–Crippen MR) is 58.4 cm³/mol. The van der Waals surface area contributed by atoms with Gasteiger partial charge in [0.15, 0.2) is 0 Å². The minimum Gasteiger partial charge on any atom is -0.480 e. The third-order valence-corrected chi connectivity index (χ3v) is 2.13. The summed E-state index contributed by atoms with van der Waals surface area (Å²) in [6, 6.07) is 3.70. The third kappa shape index (κ3) is 1.79. The van der Waals surface area contributed by atoms with Gasteiger partial charge in [-0.2, -0.15) is 0 Å². The Bertz CT molecular complexity index is 452. The number of hydrogen-bond acceptors (Lipinski definition) is 5. The van der Waals surface area contributed by atoms with E-state index in [1.165, 1.54) is 6.33 Å². The van der Waals surface area contributed by atoms with Crippen LogP contribution >= 0.6 is 0 Å². The van der Waals surface area contributed by atoms with E-state index < -0.39 is 0 Å². The Kier molecular flexibility index (Phi) is 2.95. The Morgan fingerprint density at radius 1 is 0.938 bits per heavy atom. The van der Waals surface area contributed by atoms with Crippen LogP contribution in [0.1, 0.15) is 0 Å². The molecule has 0 atom stereocenters. The smallest absolute Gasteiger partial charge is 0.228 e. The van der Waals surface area contributed by atoms with Crippen molar-refractivity contribution in [2.24, 2.45) is 0 Å². The standard InChI is InChI=1S/C11H11N3O2/c1-15-10-9(8-3-5-12-6-4-8)11(16-2)14-7-13-10/h3-7H,1-2H3. The average Bonchev–Trinajstić information content (AvgIpc) is 2.38. The number of rotatable bonds is 3. The van der Waals surface area contributed by atoms with Gasteiger partial charge in [0.25, 0.3) is 0 Å². The van der Waals surface area contributed by atoms with E-state index in [0.717, 1.165) is 11.1 Å². The molecule has 2 aromatic heterocycles. The zero-order valence-corrected chi connectivity index (χ0v) is 9.04. The summed E-state index contributed by atoms with van der Waals surface area (Å²) in [5.41, 5.74) is 1.64. The van der Waals surface area contributed by atoms with Crippen molar-refractivity contribution in [3.8, 4) is 22.9 Å². The van der Waals surface area contributed by atoms with Crippen molar-refractivity contribution in [1.82, 2.24) is 15.0 Å². The molecular weight excluding hydrogens is 206 g/mol. The van der Waals surface area contributed by atoms with E-state index in [0.29, 0.717) is 11.8 Å². The molecular formula is C11H11N3O2. The Morgan fingerprint density at radius 2 is 1.50 bits per heavy atom. The van der Waals surface area contributed by atoms with E-state index in [1.54, 1.807) is 26.6 Å². The second-order valence-electron chi connectivity index (χ2n) is 3.00. The van der Waals surface area contributed by atoms with Crippen LogP contribution in [0.4, 0.5) is 0 Å². The van der Waals surface area contributed by atoms with Crippen LogP contribution in [-0.2, 0) is 0 Å². The predicted octanol–water partition coefficient (Wildman–Crippen LogP) is 1.56. The van der Waals surface area contributed by atoms with Crippen LogP contribution in [0.15, 0.2) is 30.9 Å². The number of hydrogen-bond donors (Lipinski definition) is 0. The minimum absolute atomic E-state index is 0.484. The molecule has 5 nitrogen and oxygen atoms in total. The van der Waals surface area contributed by atoms with Gasteiger partial charge in [0.05, 0.1) is 14.2 Å². The van der Waals surface area contributed by atoms with Gasteiger partial charge in [0, 0.05) is 12.4 Å². The Balaban J connectivity index is 2.62. The zero-order valence-electron chi connectivity index (χ0n) is 9.04. The van der Waals surface area contributed by atoms with Crippen LogP contribution in [0.25, 0.3) is 11.1 Å². The molecule has 0 unspecified atom stereocenters. The van der Waals surface area contributed by atoms with Crippen LogP contribution < -0.4 is 9.47 Å². The van der Waals surface area contributed by atoms with Gasteiger partial charge in [-0.05, 0) is 17.7 Å². The van der Waals surface area contributed by atoms with E-state index >= 15 is 0 Å². The average molecular weight is 217 g/mol. The lowest BCUT2D eigenvalue weighted by Crippen LogP contribution is -1.97. The normalized spacial score (nSPS) is 9.88. The molecule has 0 aliphatic carbocycles. The summed E-state index contributed by atoms with van der Waals surface area (Å²) in [5.74, 6) is 0.969. The van der Waals surface area contributed by atoms with Gasteiger partial charge < -0.3 is 9.47 Å². The maximum Gasteiger partial charge on any atom is 0.228 e. The van der Waals surface area contributed by atoms with Gasteiger partial charge in [0.1, 0.15) is 11.9 Å². The fraction of sp³-hybridized carbons (Fsp3) is 0.182. The van der Waals surface area contributed by atoms with Crippen LogP contribution in [0.5, 0.6) is 11.8 Å². The monoisotopic (exact) mass is 217 g/mol. The van der Waals surface area contributed by atoms with Gasteiger partial charge in [0.2, 0.25) is 11.8 Å². The number of aromatic nitrogens is 3. The lowest BCUT2D eigenvalue weighted by Gasteiger charge is -2.10. The number of methoxy groups -OCH3 is 2. The van der Waals surface area contributed by atoms with Gasteiger partial charge >= 0.3 is 0 Å². The molecule has 0 aromatic carbocycles. The molecule has 5 heteroatoms. The number of ether oxygens (including phenoxy) is 2. The minimum atomic E-state index is 0.484. The second kappa shape index (κ2) is 4.57. The van der Waals surface area contributed by atoms with Crippen molar-refractivity contribution in [3.05, 3.63) is 30.9 Å². The van der Waals surface area contributed by atoms with Crippen molar-refractivity contribution < 1.29 is 9.47 Å². The molecule has 0 aliphatic heterocycles. The number of nitrogens with zero attached hydrogens (tertiary/aromatic N) is 3. The summed E-state index contributed by atoms with van der Waals surface area (Å²) in [6.07, 6.45) is 4.80. The van der Waals surface area contributed by atoms with Crippen molar-refractivity contribution >= 4 is 0 Å². The van der Waals surface area contributed by atoms with Crippen LogP contribution in [0.3, 0.4) is 0 Å². The van der Waals surface area contributed by atoms with Crippen molar-refractivity contribution in [1.29, 1.82) is 0 Å². The summed E-state index contributed by atoms with van der Waals surface area (Å²) in [7, 11) is 3.12. The molecule has 2 aromatic rings.